The number of carbonyl (C=O) groups excluding carboxylic acids is 2. The topological polar surface area (TPSA) is 148 Å². The minimum absolute atomic E-state index is 0.0216. The van der Waals surface area contributed by atoms with Gasteiger partial charge in [0.1, 0.15) is 11.6 Å². The Morgan fingerprint density at radius 3 is 2.47 bits per heavy atom. The van der Waals surface area contributed by atoms with Crippen molar-refractivity contribution < 1.29 is 33.9 Å². The number of amides is 2. The van der Waals surface area contributed by atoms with Gasteiger partial charge in [0.15, 0.2) is 0 Å². The van der Waals surface area contributed by atoms with E-state index in [1.165, 1.54) is 61.4 Å². The van der Waals surface area contributed by atoms with E-state index >= 15 is 0 Å². The smallest absolute Gasteiger partial charge is 0.338 e. The number of nitro groups is 1. The van der Waals surface area contributed by atoms with Crippen LogP contribution in [0.5, 0.6) is 0 Å². The molecule has 2 amide bonds. The summed E-state index contributed by atoms with van der Waals surface area (Å²) in [6, 6.07) is 7.76. The van der Waals surface area contributed by atoms with Crippen molar-refractivity contribution >= 4 is 40.9 Å². The van der Waals surface area contributed by atoms with Gasteiger partial charge >= 0.3 is 18.0 Å². The van der Waals surface area contributed by atoms with Gasteiger partial charge in [-0.3, -0.25) is 15.0 Å². The molecule has 11 nitrogen and oxygen atoms in total. The molecule has 12 heteroatoms. The fourth-order valence-corrected chi connectivity index (χ4v) is 3.65. The first-order valence-electron chi connectivity index (χ1n) is 9.90. The number of benzene rings is 2. The molecule has 1 atom stereocenters. The molecule has 0 saturated carbocycles. The third kappa shape index (κ3) is 5.00. The Bertz CT molecular complexity index is 1180. The molecule has 0 aliphatic carbocycles. The number of nitro benzene ring substituents is 1. The highest BCUT2D eigenvalue weighted by molar-refractivity contribution is 6.32. The van der Waals surface area contributed by atoms with Crippen LogP contribution in [0.3, 0.4) is 0 Å². The number of allylic oxidation sites excluding steroid dienone is 1. The van der Waals surface area contributed by atoms with Gasteiger partial charge in [-0.15, -0.1) is 0 Å². The van der Waals surface area contributed by atoms with Crippen LogP contribution in [0, 0.1) is 10.1 Å². The van der Waals surface area contributed by atoms with E-state index in [2.05, 4.69) is 5.32 Å². The van der Waals surface area contributed by atoms with E-state index < -0.39 is 28.9 Å². The van der Waals surface area contributed by atoms with Crippen LogP contribution < -0.4 is 10.2 Å². The highest BCUT2D eigenvalue weighted by atomic mass is 35.5. The predicted octanol–water partition coefficient (Wildman–Crippen LogP) is 3.68. The molecule has 0 saturated heterocycles. The number of carboxylic acid groups (broad SMARTS) is 1. The first kappa shape index (κ1) is 24.7. The van der Waals surface area contributed by atoms with Crippen molar-refractivity contribution in [3.63, 3.8) is 0 Å². The number of ether oxygens (including phenoxy) is 2. The van der Waals surface area contributed by atoms with Crippen molar-refractivity contribution in [1.82, 2.24) is 5.32 Å². The Morgan fingerprint density at radius 1 is 1.21 bits per heavy atom. The second-order valence-corrected chi connectivity index (χ2v) is 7.57. The summed E-state index contributed by atoms with van der Waals surface area (Å²) in [7, 11) is 1.44. The van der Waals surface area contributed by atoms with Crippen molar-refractivity contribution in [2.75, 3.05) is 25.2 Å². The van der Waals surface area contributed by atoms with Gasteiger partial charge in [0.25, 0.3) is 5.69 Å². The number of hydrogen-bond donors (Lipinski definition) is 2. The monoisotopic (exact) mass is 489 g/mol. The second kappa shape index (κ2) is 10.3. The zero-order chi connectivity index (χ0) is 25.0. The molecule has 3 rings (SSSR count). The highest BCUT2D eigenvalue weighted by Gasteiger charge is 2.38. The summed E-state index contributed by atoms with van der Waals surface area (Å²) in [4.78, 5) is 49.1. The summed E-state index contributed by atoms with van der Waals surface area (Å²) >= 11 is 5.91. The van der Waals surface area contributed by atoms with E-state index in [4.69, 9.17) is 26.2 Å². The number of carboxylic acids is 1. The Morgan fingerprint density at radius 2 is 1.88 bits per heavy atom. The number of nitrogens with one attached hydrogen (secondary N) is 1. The summed E-state index contributed by atoms with van der Waals surface area (Å²) in [6.45, 7) is 1.61. The first-order valence-corrected chi connectivity index (χ1v) is 10.3. The van der Waals surface area contributed by atoms with Gasteiger partial charge in [0, 0.05) is 18.9 Å². The molecule has 1 aliphatic heterocycles. The number of carbonyl (C=O) groups is 3. The number of hydrogen-bond acceptors (Lipinski definition) is 7. The fourth-order valence-electron chi connectivity index (χ4n) is 3.47. The van der Waals surface area contributed by atoms with Crippen LogP contribution in [-0.4, -0.2) is 48.3 Å². The third-order valence-corrected chi connectivity index (χ3v) is 5.42. The Labute approximate surface area is 198 Å². The molecule has 34 heavy (non-hydrogen) atoms. The molecular formula is C22H20ClN3O8. The van der Waals surface area contributed by atoms with Crippen LogP contribution in [0.25, 0.3) is 0 Å². The van der Waals surface area contributed by atoms with Crippen molar-refractivity contribution in [3.8, 4) is 0 Å². The van der Waals surface area contributed by atoms with Crippen molar-refractivity contribution in [3.05, 3.63) is 80.0 Å². The molecule has 0 unspecified atom stereocenters. The van der Waals surface area contributed by atoms with Crippen molar-refractivity contribution in [2.45, 2.75) is 13.0 Å². The van der Waals surface area contributed by atoms with Gasteiger partial charge in [0.05, 0.1) is 34.4 Å². The van der Waals surface area contributed by atoms with Crippen LogP contribution in [0.1, 0.15) is 28.9 Å². The highest BCUT2D eigenvalue weighted by Crippen LogP contribution is 2.36. The maximum Gasteiger partial charge on any atom is 0.338 e. The maximum absolute atomic E-state index is 13.1. The third-order valence-electron chi connectivity index (χ3n) is 5.10. The summed E-state index contributed by atoms with van der Waals surface area (Å²) in [5, 5.41) is 23.0. The molecule has 2 aromatic rings. The van der Waals surface area contributed by atoms with Gasteiger partial charge < -0.3 is 19.9 Å². The predicted molar refractivity (Wildman–Crippen MR) is 121 cm³/mol. The lowest BCUT2D eigenvalue weighted by atomic mass is 9.94. The quantitative estimate of drug-likeness (QED) is 0.247. The summed E-state index contributed by atoms with van der Waals surface area (Å²) in [6.07, 6.45) is 0. The lowest BCUT2D eigenvalue weighted by molar-refractivity contribution is -0.384. The number of halogens is 1. The molecule has 1 heterocycles. The van der Waals surface area contributed by atoms with E-state index in [1.807, 2.05) is 0 Å². The second-order valence-electron chi connectivity index (χ2n) is 7.17. The summed E-state index contributed by atoms with van der Waals surface area (Å²) in [5.74, 6) is -1.89. The maximum atomic E-state index is 13.1. The molecule has 2 aromatic carbocycles. The molecule has 0 spiro atoms. The van der Waals surface area contributed by atoms with Crippen molar-refractivity contribution in [2.24, 2.45) is 0 Å². The minimum Gasteiger partial charge on any atom is -0.478 e. The van der Waals surface area contributed by atoms with Gasteiger partial charge in [-0.05, 0) is 42.8 Å². The first-order chi connectivity index (χ1) is 16.1. The molecule has 0 radical (unpaired) electrons. The van der Waals surface area contributed by atoms with E-state index in [1.54, 1.807) is 0 Å². The number of anilines is 1. The van der Waals surface area contributed by atoms with Gasteiger partial charge in [-0.2, -0.15) is 0 Å². The molecule has 0 fully saturated rings. The number of nitrogens with zero attached hydrogens (tertiary/aromatic N) is 2. The Balaban J connectivity index is 2.11. The van der Waals surface area contributed by atoms with Gasteiger partial charge in [-0.25, -0.2) is 14.4 Å². The minimum atomic E-state index is -1.13. The zero-order valence-electron chi connectivity index (χ0n) is 18.1. The molecule has 0 aromatic heterocycles. The Hall–Kier alpha value is -3.96. The average molecular weight is 490 g/mol. The number of aromatic carboxylic acids is 1. The van der Waals surface area contributed by atoms with Crippen molar-refractivity contribution in [1.29, 1.82) is 0 Å². The molecule has 0 bridgehead atoms. The van der Waals surface area contributed by atoms with E-state index in [-0.39, 0.29) is 46.3 Å². The van der Waals surface area contributed by atoms with Crippen LogP contribution >= 0.6 is 11.6 Å². The summed E-state index contributed by atoms with van der Waals surface area (Å²) in [5.41, 5.74) is 0.441. The summed E-state index contributed by atoms with van der Waals surface area (Å²) < 4.78 is 10.2. The zero-order valence-corrected chi connectivity index (χ0v) is 18.9. The number of urea groups is 1. The number of methoxy groups -OCH3 is 1. The number of esters is 1. The molecule has 178 valence electrons. The average Bonchev–Trinajstić information content (AvgIpc) is 2.79. The standard InChI is InChI=1S/C22H20ClN3O8/c1-12-18(21(29)34-10-9-33-2)19(14-5-8-16(23)17(11-14)26(31)32)24-22(30)25(12)15-6-3-13(4-7-15)20(27)28/h3-8,11,19H,9-10H2,1-2H3,(H,24,30)(H,27,28)/t19-/m0/s1. The number of rotatable bonds is 8. The van der Waals surface area contributed by atoms with E-state index in [0.29, 0.717) is 5.69 Å². The molecule has 2 N–H and O–H groups in total. The lowest BCUT2D eigenvalue weighted by Crippen LogP contribution is -2.48. The largest absolute Gasteiger partial charge is 0.478 e. The van der Waals surface area contributed by atoms with Crippen LogP contribution in [0.15, 0.2) is 53.7 Å². The Kier molecular flexibility index (Phi) is 7.49. The van der Waals surface area contributed by atoms with Crippen LogP contribution in [0.2, 0.25) is 5.02 Å². The molecular weight excluding hydrogens is 470 g/mol. The van der Waals surface area contributed by atoms with E-state index in [0.717, 1.165) is 0 Å². The normalized spacial score (nSPS) is 15.7. The van der Waals surface area contributed by atoms with Gasteiger partial charge in [-0.1, -0.05) is 17.7 Å². The fraction of sp³-hybridized carbons (Fsp3) is 0.227. The SMILES string of the molecule is COCCOC(=O)C1=C(C)N(c2ccc(C(=O)O)cc2)C(=O)N[C@H]1c1ccc(Cl)c([N+](=O)[O-])c1. The van der Waals surface area contributed by atoms with Crippen LogP contribution in [-0.2, 0) is 14.3 Å². The lowest BCUT2D eigenvalue weighted by Gasteiger charge is -2.35. The molecule has 1 aliphatic rings. The van der Waals surface area contributed by atoms with Crippen LogP contribution in [0.4, 0.5) is 16.2 Å². The van der Waals surface area contributed by atoms with E-state index in [9.17, 15) is 24.5 Å². The van der Waals surface area contributed by atoms with Gasteiger partial charge in [0.2, 0.25) is 0 Å².